The Kier molecular flexibility index (Phi) is 7.11. The van der Waals surface area contributed by atoms with E-state index in [1.54, 1.807) is 12.4 Å². The minimum Gasteiger partial charge on any atom is -0.310 e. The van der Waals surface area contributed by atoms with Gasteiger partial charge >= 0.3 is 0 Å². The molecule has 0 bridgehead atoms. The summed E-state index contributed by atoms with van der Waals surface area (Å²) in [6.45, 7) is -0.252. The molecule has 0 unspecified atom stereocenters. The van der Waals surface area contributed by atoms with Crippen LogP contribution in [0.4, 0.5) is 17.1 Å². The van der Waals surface area contributed by atoms with Crippen LogP contribution in [-0.4, -0.2) is 25.8 Å². The van der Waals surface area contributed by atoms with Gasteiger partial charge in [0.1, 0.15) is 23.3 Å². The number of para-hydroxylation sites is 4. The highest BCUT2D eigenvalue weighted by atomic mass is 15.2. The van der Waals surface area contributed by atoms with Gasteiger partial charge in [0.25, 0.3) is 6.71 Å². The maximum absolute atomic E-state index is 11.9. The van der Waals surface area contributed by atoms with E-state index in [-0.39, 0.29) is 6.71 Å². The van der Waals surface area contributed by atoms with Gasteiger partial charge in [0.15, 0.2) is 0 Å². The Labute approximate surface area is 356 Å². The third kappa shape index (κ3) is 4.53. The predicted molar refractivity (Wildman–Crippen MR) is 250 cm³/mol. The first-order chi connectivity index (χ1) is 30.7. The molecular weight excluding hydrogens is 757 g/mol. The van der Waals surface area contributed by atoms with E-state index >= 15 is 0 Å². The van der Waals surface area contributed by atoms with Crippen LogP contribution in [0.25, 0.3) is 77.2 Å². The van der Waals surface area contributed by atoms with E-state index in [0.717, 1.165) is 105 Å². The van der Waals surface area contributed by atoms with E-state index in [4.69, 9.17) is 0 Å². The third-order valence-electron chi connectivity index (χ3n) is 12.9. The molecule has 0 saturated carbocycles. The highest BCUT2D eigenvalue weighted by Crippen LogP contribution is 2.48. The van der Waals surface area contributed by atoms with Crippen molar-refractivity contribution in [3.63, 3.8) is 0 Å². The third-order valence-corrected chi connectivity index (χ3v) is 12.9. The maximum Gasteiger partial charge on any atom is 0.252 e. The van der Waals surface area contributed by atoms with Gasteiger partial charge in [-0.05, 0) is 76.0 Å². The Morgan fingerprint density at radius 1 is 0.452 bits per heavy atom. The Morgan fingerprint density at radius 3 is 1.73 bits per heavy atom. The summed E-state index contributed by atoms with van der Waals surface area (Å²) in [5.41, 5.74) is 15.8. The lowest BCUT2D eigenvalue weighted by Gasteiger charge is -2.41. The summed E-state index contributed by atoms with van der Waals surface area (Å²) in [6.07, 6.45) is 7.29. The SMILES string of the molecule is N#Cc1c2c3c(c(C#N)c1-n1c4cc(-c5cccnc5)ccc4c4ccc(-c5cccnc5)cc41)-n1c4ccccc4c4cccc(c41)B3c1ccccc1N2c1ccccc1. The van der Waals surface area contributed by atoms with Crippen molar-refractivity contribution in [2.45, 2.75) is 0 Å². The standard InChI is InChI=1S/C54H30BN7/c56-29-42-51(61-48-27-33(35-11-9-25-58-31-35)21-23-39(48)40-24-22-34(28-49(40)61)36-12-10-26-59-32-36)43(30-57)54-50-53(42)60(37-13-2-1-3-14-37)47-20-7-5-17-44(47)55(50)45-18-8-16-41-38-15-4-6-19-46(38)62(54)52(41)45/h1-28,31-32H. The molecule has 0 aliphatic carbocycles. The predicted octanol–water partition coefficient (Wildman–Crippen LogP) is 10.4. The Balaban J connectivity index is 1.27. The monoisotopic (exact) mass is 787 g/mol. The number of benzene rings is 7. The van der Waals surface area contributed by atoms with Gasteiger partial charge in [0.05, 0.1) is 33.6 Å². The molecule has 2 aliphatic heterocycles. The number of nitriles is 2. The average molecular weight is 788 g/mol. The molecule has 0 fully saturated rings. The Morgan fingerprint density at radius 2 is 1.05 bits per heavy atom. The number of hydrogen-bond acceptors (Lipinski definition) is 5. The van der Waals surface area contributed by atoms with Crippen molar-refractivity contribution >= 4 is 83.8 Å². The van der Waals surface area contributed by atoms with E-state index in [9.17, 15) is 10.5 Å². The van der Waals surface area contributed by atoms with Gasteiger partial charge in [-0.3, -0.25) is 9.97 Å². The van der Waals surface area contributed by atoms with E-state index in [1.165, 1.54) is 0 Å². The molecular formula is C54H30BN7. The zero-order chi connectivity index (χ0) is 41.1. The van der Waals surface area contributed by atoms with Gasteiger partial charge in [-0.2, -0.15) is 10.5 Å². The second-order valence-corrected chi connectivity index (χ2v) is 16.0. The van der Waals surface area contributed by atoms with E-state index in [1.807, 2.05) is 42.7 Å². The first-order valence-electron chi connectivity index (χ1n) is 20.6. The van der Waals surface area contributed by atoms with Crippen LogP contribution in [0.3, 0.4) is 0 Å². The molecule has 0 amide bonds. The molecule has 0 spiro atoms. The molecule has 11 aromatic rings. The zero-order valence-corrected chi connectivity index (χ0v) is 33.0. The second-order valence-electron chi connectivity index (χ2n) is 16.0. The van der Waals surface area contributed by atoms with Crippen LogP contribution in [0.2, 0.25) is 0 Å². The van der Waals surface area contributed by atoms with Gasteiger partial charge in [0.2, 0.25) is 0 Å². The summed E-state index contributed by atoms with van der Waals surface area (Å²) in [5.74, 6) is 0. The van der Waals surface area contributed by atoms with Gasteiger partial charge in [-0.15, -0.1) is 0 Å². The average Bonchev–Trinajstić information content (AvgIpc) is 3.85. The molecule has 7 aromatic carbocycles. The Bertz CT molecular complexity index is 3690. The fraction of sp³-hybridized carbons (Fsp3) is 0. The molecule has 13 rings (SSSR count). The van der Waals surface area contributed by atoms with E-state index in [0.29, 0.717) is 16.8 Å². The van der Waals surface area contributed by atoms with Crippen molar-refractivity contribution in [3.8, 4) is 45.8 Å². The van der Waals surface area contributed by atoms with Crippen LogP contribution in [0, 0.1) is 22.7 Å². The number of pyridine rings is 2. The summed E-state index contributed by atoms with van der Waals surface area (Å²) in [4.78, 5) is 11.2. The van der Waals surface area contributed by atoms with Crippen molar-refractivity contribution in [1.29, 1.82) is 10.5 Å². The first-order valence-corrected chi connectivity index (χ1v) is 20.6. The summed E-state index contributed by atoms with van der Waals surface area (Å²) >= 11 is 0. The molecule has 8 heteroatoms. The quantitative estimate of drug-likeness (QED) is 0.166. The summed E-state index contributed by atoms with van der Waals surface area (Å²) < 4.78 is 4.49. The number of nitrogens with zero attached hydrogens (tertiary/aromatic N) is 7. The normalized spacial score (nSPS) is 12.4. The Hall–Kier alpha value is -8.72. The maximum atomic E-state index is 11.9. The number of fused-ring (bicyclic) bond motifs is 10. The topological polar surface area (TPSA) is 86.5 Å². The summed E-state index contributed by atoms with van der Waals surface area (Å²) in [5, 5.41) is 28.1. The fourth-order valence-corrected chi connectivity index (χ4v) is 10.5. The van der Waals surface area contributed by atoms with Gasteiger partial charge in [-0.25, -0.2) is 0 Å². The molecule has 0 atom stereocenters. The van der Waals surface area contributed by atoms with Gasteiger partial charge in [0, 0.05) is 74.4 Å². The number of aromatic nitrogens is 4. The van der Waals surface area contributed by atoms with Crippen LogP contribution < -0.4 is 21.3 Å². The van der Waals surface area contributed by atoms with E-state index in [2.05, 4.69) is 164 Å². The molecule has 0 saturated heterocycles. The van der Waals surface area contributed by atoms with Crippen LogP contribution in [0.1, 0.15) is 11.1 Å². The smallest absolute Gasteiger partial charge is 0.252 e. The second kappa shape index (κ2) is 12.9. The first kappa shape index (κ1) is 34.2. The number of rotatable bonds is 4. The minimum atomic E-state index is -0.252. The largest absolute Gasteiger partial charge is 0.310 e. The van der Waals surface area contributed by atoms with Crippen molar-refractivity contribution in [2.75, 3.05) is 4.90 Å². The zero-order valence-electron chi connectivity index (χ0n) is 33.0. The minimum absolute atomic E-state index is 0.252. The highest BCUT2D eigenvalue weighted by molar-refractivity contribution is 7.00. The van der Waals surface area contributed by atoms with Gasteiger partial charge in [-0.1, -0.05) is 109 Å². The molecule has 284 valence electrons. The van der Waals surface area contributed by atoms with Crippen LogP contribution in [0.5, 0.6) is 0 Å². The molecule has 2 aliphatic rings. The van der Waals surface area contributed by atoms with Crippen molar-refractivity contribution < 1.29 is 0 Å². The highest BCUT2D eigenvalue weighted by Gasteiger charge is 2.46. The fourth-order valence-electron chi connectivity index (χ4n) is 10.5. The molecule has 62 heavy (non-hydrogen) atoms. The van der Waals surface area contributed by atoms with Crippen molar-refractivity contribution in [2.24, 2.45) is 0 Å². The molecule has 4 aromatic heterocycles. The van der Waals surface area contributed by atoms with Crippen LogP contribution in [-0.2, 0) is 0 Å². The van der Waals surface area contributed by atoms with Crippen LogP contribution in [0.15, 0.2) is 183 Å². The number of hydrogen-bond donors (Lipinski definition) is 0. The lowest BCUT2D eigenvalue weighted by atomic mass is 9.33. The summed E-state index contributed by atoms with van der Waals surface area (Å²) in [7, 11) is 0. The van der Waals surface area contributed by atoms with Crippen molar-refractivity contribution in [3.05, 3.63) is 194 Å². The molecule has 6 heterocycles. The lowest BCUT2D eigenvalue weighted by Crippen LogP contribution is -2.61. The number of anilines is 3. The van der Waals surface area contributed by atoms with Crippen molar-refractivity contribution in [1.82, 2.24) is 19.1 Å². The molecule has 7 nitrogen and oxygen atoms in total. The van der Waals surface area contributed by atoms with E-state index < -0.39 is 0 Å². The summed E-state index contributed by atoms with van der Waals surface area (Å²) in [6, 6.07) is 60.3. The van der Waals surface area contributed by atoms with Crippen LogP contribution >= 0.6 is 0 Å². The molecule has 0 radical (unpaired) electrons. The van der Waals surface area contributed by atoms with Gasteiger partial charge < -0.3 is 14.0 Å². The molecule has 0 N–H and O–H groups in total. The lowest BCUT2D eigenvalue weighted by molar-refractivity contribution is 1.10.